The fourth-order valence-corrected chi connectivity index (χ4v) is 3.68. The van der Waals surface area contributed by atoms with E-state index in [1.165, 1.54) is 31.4 Å². The number of nitrogens with two attached hydrogens (primary N) is 1. The van der Waals surface area contributed by atoms with Gasteiger partial charge in [-0.1, -0.05) is 17.3 Å². The summed E-state index contributed by atoms with van der Waals surface area (Å²) in [6.45, 7) is 2.15. The number of anilines is 1. The number of thiazole rings is 1. The van der Waals surface area contributed by atoms with E-state index in [1.807, 2.05) is 0 Å². The summed E-state index contributed by atoms with van der Waals surface area (Å²) in [5.74, 6) is -5.05. The van der Waals surface area contributed by atoms with E-state index in [4.69, 9.17) is 15.2 Å². The van der Waals surface area contributed by atoms with Gasteiger partial charge in [0.1, 0.15) is 11.4 Å². The van der Waals surface area contributed by atoms with Crippen LogP contribution in [0.5, 0.6) is 5.75 Å². The quantitative estimate of drug-likeness (QED) is 0.140. The molecule has 190 valence electrons. The summed E-state index contributed by atoms with van der Waals surface area (Å²) in [6, 6.07) is 4.42. The lowest BCUT2D eigenvalue weighted by Gasteiger charge is -2.29. The van der Waals surface area contributed by atoms with E-state index in [-0.39, 0.29) is 35.1 Å². The molecule has 0 unspecified atom stereocenters. The van der Waals surface area contributed by atoms with Crippen LogP contribution in [0.2, 0.25) is 0 Å². The highest BCUT2D eigenvalue weighted by atomic mass is 32.1. The third-order valence-electron chi connectivity index (χ3n) is 4.94. The van der Waals surface area contributed by atoms with Crippen LogP contribution >= 0.6 is 11.3 Å². The van der Waals surface area contributed by atoms with Crippen LogP contribution in [0.3, 0.4) is 0 Å². The van der Waals surface area contributed by atoms with Gasteiger partial charge < -0.3 is 41.1 Å². The molecular formula is C20H22BN5O9S. The van der Waals surface area contributed by atoms with E-state index in [1.54, 1.807) is 6.07 Å². The number of oxime groups is 1. The highest BCUT2D eigenvalue weighted by Crippen LogP contribution is 2.30. The number of nitrogens with one attached hydrogen (secondary N) is 2. The van der Waals surface area contributed by atoms with Gasteiger partial charge in [0.2, 0.25) is 11.5 Å². The SMILES string of the molecule is CC(C)(O/N=C(\C(=O)N[C@H]1Cc2cccc(C(=O)O)c2OB1O)c1csc(NC(=O)CN)n1)C(=O)O. The zero-order valence-electron chi connectivity index (χ0n) is 19.0. The Balaban J connectivity index is 1.88. The van der Waals surface area contributed by atoms with Gasteiger partial charge in [-0.05, 0) is 31.9 Å². The highest BCUT2D eigenvalue weighted by Gasteiger charge is 2.39. The van der Waals surface area contributed by atoms with E-state index in [0.29, 0.717) is 5.56 Å². The number of rotatable bonds is 9. The zero-order valence-corrected chi connectivity index (χ0v) is 19.9. The Labute approximate surface area is 208 Å². The number of aromatic nitrogens is 1. The topological polar surface area (TPSA) is 223 Å². The molecule has 0 saturated carbocycles. The second-order valence-electron chi connectivity index (χ2n) is 8.03. The molecule has 0 saturated heterocycles. The van der Waals surface area contributed by atoms with Gasteiger partial charge in [0.25, 0.3) is 5.91 Å². The monoisotopic (exact) mass is 519 g/mol. The van der Waals surface area contributed by atoms with Crippen LogP contribution < -0.4 is 21.0 Å². The summed E-state index contributed by atoms with van der Waals surface area (Å²) in [4.78, 5) is 56.7. The molecule has 2 heterocycles. The summed E-state index contributed by atoms with van der Waals surface area (Å²) in [7, 11) is -1.60. The van der Waals surface area contributed by atoms with Crippen molar-refractivity contribution in [3.8, 4) is 5.75 Å². The van der Waals surface area contributed by atoms with Crippen LogP contribution in [0.4, 0.5) is 5.13 Å². The molecule has 1 aliphatic heterocycles. The number of benzene rings is 1. The van der Waals surface area contributed by atoms with Crippen LogP contribution in [0.1, 0.15) is 35.5 Å². The first kappa shape index (κ1) is 26.6. The number of aromatic carboxylic acids is 1. The summed E-state index contributed by atoms with van der Waals surface area (Å²) in [6.07, 6.45) is 0.0208. The number of para-hydroxylation sites is 1. The predicted molar refractivity (Wildman–Crippen MR) is 127 cm³/mol. The van der Waals surface area contributed by atoms with Crippen molar-refractivity contribution < 1.29 is 43.9 Å². The number of carbonyl (C=O) groups excluding carboxylic acids is 2. The molecule has 2 aromatic rings. The lowest BCUT2D eigenvalue weighted by Crippen LogP contribution is -2.54. The first-order chi connectivity index (χ1) is 16.9. The van der Waals surface area contributed by atoms with Crippen molar-refractivity contribution >= 4 is 53.1 Å². The third kappa shape index (κ3) is 5.97. The number of amides is 2. The Kier molecular flexibility index (Phi) is 7.91. The van der Waals surface area contributed by atoms with E-state index >= 15 is 0 Å². The maximum atomic E-state index is 13.1. The fraction of sp³-hybridized carbons (Fsp3) is 0.300. The zero-order chi connectivity index (χ0) is 26.6. The summed E-state index contributed by atoms with van der Waals surface area (Å²) in [5, 5.41) is 39.2. The van der Waals surface area contributed by atoms with Crippen LogP contribution in [0.25, 0.3) is 0 Å². The fourth-order valence-electron chi connectivity index (χ4n) is 2.97. The average Bonchev–Trinajstić information content (AvgIpc) is 3.26. The molecule has 0 aliphatic carbocycles. The van der Waals surface area contributed by atoms with Crippen molar-refractivity contribution in [2.75, 3.05) is 11.9 Å². The van der Waals surface area contributed by atoms with E-state index in [0.717, 1.165) is 11.3 Å². The third-order valence-corrected chi connectivity index (χ3v) is 5.70. The number of aliphatic carboxylic acids is 1. The normalized spacial score (nSPS) is 15.4. The minimum absolute atomic E-state index is 0.0109. The molecule has 0 bridgehead atoms. The smallest absolute Gasteiger partial charge is 0.534 e. The Morgan fingerprint density at radius 3 is 2.69 bits per heavy atom. The van der Waals surface area contributed by atoms with Crippen molar-refractivity contribution in [1.82, 2.24) is 10.3 Å². The molecule has 14 nitrogen and oxygen atoms in total. The second kappa shape index (κ2) is 10.7. The lowest BCUT2D eigenvalue weighted by molar-refractivity contribution is -0.161. The number of hydrogen-bond acceptors (Lipinski definition) is 11. The summed E-state index contributed by atoms with van der Waals surface area (Å²) in [5.41, 5.74) is 3.28. The predicted octanol–water partition coefficient (Wildman–Crippen LogP) is -0.538. The van der Waals surface area contributed by atoms with Crippen molar-refractivity contribution in [1.29, 1.82) is 0 Å². The summed E-state index contributed by atoms with van der Waals surface area (Å²) >= 11 is 0.959. The number of fused-ring (bicyclic) bond motifs is 1. The molecule has 0 radical (unpaired) electrons. The minimum Gasteiger partial charge on any atom is -0.534 e. The summed E-state index contributed by atoms with van der Waals surface area (Å²) < 4.78 is 5.37. The molecule has 1 atom stereocenters. The van der Waals surface area contributed by atoms with Gasteiger partial charge in [0.15, 0.2) is 10.8 Å². The molecule has 2 amide bonds. The van der Waals surface area contributed by atoms with Gasteiger partial charge in [-0.25, -0.2) is 14.6 Å². The Bertz CT molecular complexity index is 1230. The van der Waals surface area contributed by atoms with Gasteiger partial charge in [-0.2, -0.15) is 0 Å². The number of hydrogen-bond donors (Lipinski definition) is 6. The number of nitrogens with zero attached hydrogens (tertiary/aromatic N) is 2. The molecule has 1 aliphatic rings. The minimum atomic E-state index is -1.79. The number of carboxylic acid groups (broad SMARTS) is 2. The largest absolute Gasteiger partial charge is 0.547 e. The Hall–Kier alpha value is -4.02. The number of carboxylic acids is 2. The van der Waals surface area contributed by atoms with Crippen molar-refractivity contribution in [3.05, 3.63) is 40.4 Å². The molecule has 16 heteroatoms. The van der Waals surface area contributed by atoms with Crippen LogP contribution in [0.15, 0.2) is 28.7 Å². The van der Waals surface area contributed by atoms with Gasteiger partial charge in [0, 0.05) is 5.38 Å². The molecule has 0 fully saturated rings. The van der Waals surface area contributed by atoms with Crippen molar-refractivity contribution in [2.24, 2.45) is 10.9 Å². The van der Waals surface area contributed by atoms with Crippen LogP contribution in [-0.2, 0) is 25.6 Å². The first-order valence-electron chi connectivity index (χ1n) is 10.4. The van der Waals surface area contributed by atoms with Crippen LogP contribution in [0, 0.1) is 0 Å². The Morgan fingerprint density at radius 2 is 2.06 bits per heavy atom. The van der Waals surface area contributed by atoms with Gasteiger partial charge in [-0.15, -0.1) is 11.3 Å². The molecule has 1 aromatic heterocycles. The molecule has 36 heavy (non-hydrogen) atoms. The average molecular weight is 519 g/mol. The van der Waals surface area contributed by atoms with E-state index in [2.05, 4.69) is 20.8 Å². The van der Waals surface area contributed by atoms with Gasteiger partial charge >= 0.3 is 19.1 Å². The van der Waals surface area contributed by atoms with E-state index in [9.17, 15) is 34.4 Å². The molecule has 7 N–H and O–H groups in total. The second-order valence-corrected chi connectivity index (χ2v) is 8.89. The molecule has 3 rings (SSSR count). The highest BCUT2D eigenvalue weighted by molar-refractivity contribution is 7.14. The molecular weight excluding hydrogens is 497 g/mol. The van der Waals surface area contributed by atoms with Crippen LogP contribution in [-0.4, -0.2) is 74.9 Å². The lowest BCUT2D eigenvalue weighted by atomic mass is 9.72. The van der Waals surface area contributed by atoms with Gasteiger partial charge in [-0.3, -0.25) is 9.59 Å². The molecule has 1 aromatic carbocycles. The number of carbonyl (C=O) groups is 4. The Morgan fingerprint density at radius 1 is 1.33 bits per heavy atom. The standard InChI is InChI=1S/C20H22BN5O9S/c1-20(2,18(31)32)35-26-14(11-8-36-19(23-11)25-13(27)7-22)16(28)24-12-6-9-4-3-5-10(17(29)30)15(9)34-21(12)33/h3-5,8,12,33H,6-7,22H2,1-2H3,(H,24,28)(H,29,30)(H,31,32)(H,23,25,27)/b26-14-/t12-/m0/s1. The van der Waals surface area contributed by atoms with Crippen molar-refractivity contribution in [2.45, 2.75) is 31.8 Å². The van der Waals surface area contributed by atoms with Crippen molar-refractivity contribution in [3.63, 3.8) is 0 Å². The molecule has 0 spiro atoms. The first-order valence-corrected chi connectivity index (χ1v) is 11.3. The van der Waals surface area contributed by atoms with Gasteiger partial charge in [0.05, 0.1) is 18.0 Å². The maximum Gasteiger partial charge on any atom is 0.547 e. The maximum absolute atomic E-state index is 13.1. The van der Waals surface area contributed by atoms with E-state index < -0.39 is 48.1 Å².